The van der Waals surface area contributed by atoms with Gasteiger partial charge in [-0.25, -0.2) is 18.3 Å². The molecule has 1 aliphatic rings. The summed E-state index contributed by atoms with van der Waals surface area (Å²) in [6.45, 7) is 2.62. The van der Waals surface area contributed by atoms with Gasteiger partial charge in [-0.1, -0.05) is 24.3 Å². The van der Waals surface area contributed by atoms with E-state index in [1.165, 1.54) is 28.0 Å². The molecule has 0 atom stereocenters. The van der Waals surface area contributed by atoms with E-state index < -0.39 is 21.7 Å². The van der Waals surface area contributed by atoms with E-state index >= 15 is 0 Å². The third kappa shape index (κ3) is 5.48. The van der Waals surface area contributed by atoms with Crippen molar-refractivity contribution in [3.63, 3.8) is 0 Å². The van der Waals surface area contributed by atoms with E-state index in [1.54, 1.807) is 6.08 Å². The smallest absolute Gasteiger partial charge is 0.267 e. The van der Waals surface area contributed by atoms with Crippen LogP contribution in [0.3, 0.4) is 0 Å². The van der Waals surface area contributed by atoms with Crippen molar-refractivity contribution in [3.05, 3.63) is 71.6 Å². The van der Waals surface area contributed by atoms with Gasteiger partial charge in [-0.05, 0) is 41.5 Å². The summed E-state index contributed by atoms with van der Waals surface area (Å²) in [6.07, 6.45) is 2.82. The predicted molar refractivity (Wildman–Crippen MR) is 106 cm³/mol. The van der Waals surface area contributed by atoms with Crippen molar-refractivity contribution in [1.29, 1.82) is 0 Å². The molecule has 29 heavy (non-hydrogen) atoms. The number of sulfonamides is 1. The van der Waals surface area contributed by atoms with E-state index in [1.807, 2.05) is 24.3 Å². The Morgan fingerprint density at radius 2 is 1.66 bits per heavy atom. The molecule has 154 valence electrons. The Balaban J connectivity index is 1.55. The topological polar surface area (TPSA) is 90.0 Å². The first-order valence-electron chi connectivity index (χ1n) is 9.07. The highest BCUT2D eigenvalue weighted by atomic mass is 32.2. The maximum Gasteiger partial charge on any atom is 0.267 e. The number of rotatable bonds is 6. The van der Waals surface area contributed by atoms with Gasteiger partial charge in [0.15, 0.2) is 0 Å². The van der Waals surface area contributed by atoms with E-state index in [4.69, 9.17) is 5.21 Å². The Labute approximate surface area is 169 Å². The highest BCUT2D eigenvalue weighted by molar-refractivity contribution is 7.89. The lowest BCUT2D eigenvalue weighted by molar-refractivity contribution is -0.124. The number of hydrogen-bond acceptors (Lipinski definition) is 5. The fraction of sp³-hybridized carbons (Fsp3) is 0.250. The summed E-state index contributed by atoms with van der Waals surface area (Å²) in [4.78, 5) is 13.3. The normalized spacial score (nSPS) is 16.2. The molecule has 0 bridgehead atoms. The first-order valence-corrected chi connectivity index (χ1v) is 10.5. The molecule has 9 heteroatoms. The zero-order valence-corrected chi connectivity index (χ0v) is 16.5. The van der Waals surface area contributed by atoms with Crippen molar-refractivity contribution in [2.75, 3.05) is 26.2 Å². The van der Waals surface area contributed by atoms with E-state index in [-0.39, 0.29) is 4.90 Å². The maximum atomic E-state index is 13.0. The molecule has 0 spiro atoms. The molecule has 7 nitrogen and oxygen atoms in total. The Kier molecular flexibility index (Phi) is 6.75. The van der Waals surface area contributed by atoms with E-state index in [0.29, 0.717) is 32.7 Å². The summed E-state index contributed by atoms with van der Waals surface area (Å²) >= 11 is 0. The third-order valence-corrected chi connectivity index (χ3v) is 6.62. The average Bonchev–Trinajstić information content (AvgIpc) is 2.73. The first-order chi connectivity index (χ1) is 13.9. The second-order valence-corrected chi connectivity index (χ2v) is 8.62. The molecule has 1 aliphatic heterocycles. The van der Waals surface area contributed by atoms with Gasteiger partial charge in [0.05, 0.1) is 4.90 Å². The Morgan fingerprint density at radius 1 is 1.03 bits per heavy atom. The van der Waals surface area contributed by atoms with Gasteiger partial charge in [0.25, 0.3) is 5.91 Å². The minimum Gasteiger partial charge on any atom is -0.296 e. The van der Waals surface area contributed by atoms with Crippen LogP contribution in [0.4, 0.5) is 4.39 Å². The zero-order valence-electron chi connectivity index (χ0n) is 15.7. The summed E-state index contributed by atoms with van der Waals surface area (Å²) in [5, 5.41) is 8.47. The third-order valence-electron chi connectivity index (χ3n) is 4.71. The molecule has 1 heterocycles. The lowest BCUT2D eigenvalue weighted by Gasteiger charge is -2.34. The van der Waals surface area contributed by atoms with Crippen LogP contribution in [0.15, 0.2) is 59.5 Å². The van der Waals surface area contributed by atoms with Crippen molar-refractivity contribution >= 4 is 22.0 Å². The molecule has 0 unspecified atom stereocenters. The van der Waals surface area contributed by atoms with Crippen LogP contribution in [0.2, 0.25) is 0 Å². The Hall–Kier alpha value is -2.59. The molecule has 0 radical (unpaired) electrons. The summed E-state index contributed by atoms with van der Waals surface area (Å²) in [5.74, 6) is -1.06. The van der Waals surface area contributed by atoms with Crippen LogP contribution in [0.1, 0.15) is 11.1 Å². The van der Waals surface area contributed by atoms with Crippen LogP contribution in [0, 0.1) is 5.82 Å². The van der Waals surface area contributed by atoms with Gasteiger partial charge in [0, 0.05) is 38.8 Å². The van der Waals surface area contributed by atoms with Gasteiger partial charge in [0.1, 0.15) is 5.82 Å². The summed E-state index contributed by atoms with van der Waals surface area (Å²) < 4.78 is 39.8. The zero-order chi connectivity index (χ0) is 20.9. The van der Waals surface area contributed by atoms with Crippen LogP contribution in [-0.4, -0.2) is 54.9 Å². The standard InChI is InChI=1S/C20H22FN3O4S/c21-18-6-8-19(9-7-18)29(27,28)24-13-11-23(12-14-24)15-17-3-1-16(2-4-17)5-10-20(25)22-26/h1-10,26H,11-15H2,(H,22,25)/b10-5+. The Bertz CT molecular complexity index is 968. The minimum absolute atomic E-state index is 0.103. The number of halogens is 1. The van der Waals surface area contributed by atoms with Gasteiger partial charge >= 0.3 is 0 Å². The van der Waals surface area contributed by atoms with Crippen molar-refractivity contribution in [2.45, 2.75) is 11.4 Å². The SMILES string of the molecule is O=C(/C=C/c1ccc(CN2CCN(S(=O)(=O)c3ccc(F)cc3)CC2)cc1)NO. The van der Waals surface area contributed by atoms with Crippen LogP contribution in [0.25, 0.3) is 6.08 Å². The number of benzene rings is 2. The van der Waals surface area contributed by atoms with Crippen LogP contribution in [0.5, 0.6) is 0 Å². The van der Waals surface area contributed by atoms with Crippen molar-refractivity contribution < 1.29 is 22.8 Å². The molecule has 1 saturated heterocycles. The number of carbonyl (C=O) groups excluding carboxylic acids is 1. The molecular weight excluding hydrogens is 397 g/mol. The number of carbonyl (C=O) groups is 1. The molecule has 1 amide bonds. The molecule has 2 aromatic carbocycles. The van der Waals surface area contributed by atoms with E-state index in [2.05, 4.69) is 4.90 Å². The van der Waals surface area contributed by atoms with Crippen molar-refractivity contribution in [3.8, 4) is 0 Å². The summed E-state index contributed by atoms with van der Waals surface area (Å²) in [6, 6.07) is 12.5. The van der Waals surface area contributed by atoms with Gasteiger partial charge < -0.3 is 0 Å². The van der Waals surface area contributed by atoms with Crippen molar-refractivity contribution in [1.82, 2.24) is 14.7 Å². The highest BCUT2D eigenvalue weighted by Crippen LogP contribution is 2.19. The molecule has 3 rings (SSSR count). The van der Waals surface area contributed by atoms with Gasteiger partial charge in [-0.3, -0.25) is 14.9 Å². The first kappa shape index (κ1) is 21.1. The fourth-order valence-electron chi connectivity index (χ4n) is 3.09. The summed E-state index contributed by atoms with van der Waals surface area (Å²) in [7, 11) is -3.61. The molecule has 1 fully saturated rings. The van der Waals surface area contributed by atoms with Crippen LogP contribution in [-0.2, 0) is 21.4 Å². The van der Waals surface area contributed by atoms with Crippen LogP contribution >= 0.6 is 0 Å². The van der Waals surface area contributed by atoms with Gasteiger partial charge in [-0.2, -0.15) is 4.31 Å². The molecule has 2 N–H and O–H groups in total. The quantitative estimate of drug-likeness (QED) is 0.424. The lowest BCUT2D eigenvalue weighted by atomic mass is 10.1. The lowest BCUT2D eigenvalue weighted by Crippen LogP contribution is -2.48. The van der Waals surface area contributed by atoms with Gasteiger partial charge in [0.2, 0.25) is 10.0 Å². The average molecular weight is 419 g/mol. The number of nitrogens with zero attached hydrogens (tertiary/aromatic N) is 2. The van der Waals surface area contributed by atoms with E-state index in [9.17, 15) is 17.6 Å². The molecule has 0 saturated carbocycles. The largest absolute Gasteiger partial charge is 0.296 e. The number of amides is 1. The monoisotopic (exact) mass is 419 g/mol. The maximum absolute atomic E-state index is 13.0. The second-order valence-electron chi connectivity index (χ2n) is 6.69. The second kappa shape index (κ2) is 9.27. The summed E-state index contributed by atoms with van der Waals surface area (Å²) in [5.41, 5.74) is 3.43. The fourth-order valence-corrected chi connectivity index (χ4v) is 4.51. The van der Waals surface area contributed by atoms with Crippen molar-refractivity contribution in [2.24, 2.45) is 0 Å². The number of piperazine rings is 1. The number of nitrogens with one attached hydrogen (secondary N) is 1. The number of hydrogen-bond donors (Lipinski definition) is 2. The molecule has 2 aromatic rings. The molecule has 0 aromatic heterocycles. The molecular formula is C20H22FN3O4S. The molecule has 0 aliphatic carbocycles. The minimum atomic E-state index is -3.61. The predicted octanol–water partition coefficient (Wildman–Crippen LogP) is 1.85. The highest BCUT2D eigenvalue weighted by Gasteiger charge is 2.28. The van der Waals surface area contributed by atoms with E-state index in [0.717, 1.165) is 23.3 Å². The van der Waals surface area contributed by atoms with Crippen LogP contribution < -0.4 is 5.48 Å². The number of hydroxylamine groups is 1. The Morgan fingerprint density at radius 3 is 2.24 bits per heavy atom. The van der Waals surface area contributed by atoms with Gasteiger partial charge in [-0.15, -0.1) is 0 Å².